The quantitative estimate of drug-likeness (QED) is 0.917. The van der Waals surface area contributed by atoms with Gasteiger partial charge < -0.3 is 14.7 Å². The molecule has 0 atom stereocenters. The van der Waals surface area contributed by atoms with E-state index in [4.69, 9.17) is 16.3 Å². The Labute approximate surface area is 117 Å². The van der Waals surface area contributed by atoms with E-state index in [1.165, 1.54) is 0 Å². The number of hydrogen-bond acceptors (Lipinski definition) is 3. The van der Waals surface area contributed by atoms with Crippen molar-refractivity contribution in [3.63, 3.8) is 0 Å². The first-order valence-electron chi connectivity index (χ1n) is 6.44. The van der Waals surface area contributed by atoms with Gasteiger partial charge in [0.05, 0.1) is 12.7 Å². The van der Waals surface area contributed by atoms with Crippen LogP contribution >= 0.6 is 11.6 Å². The maximum Gasteiger partial charge on any atom is 0.248 e. The third kappa shape index (κ3) is 4.20. The molecule has 19 heavy (non-hydrogen) atoms. The molecular formula is C14H18ClNO3. The number of ether oxygens (including phenoxy) is 1. The number of carbonyl (C=O) groups is 1. The Kier molecular flexibility index (Phi) is 5.19. The number of amides is 1. The number of benzene rings is 1. The second-order valence-corrected chi connectivity index (χ2v) is 5.10. The molecule has 0 unspecified atom stereocenters. The van der Waals surface area contributed by atoms with E-state index in [1.54, 1.807) is 11.0 Å². The molecule has 0 spiro atoms. The number of hydrogen-bond donors (Lipinski definition) is 1. The van der Waals surface area contributed by atoms with Gasteiger partial charge in [-0.05, 0) is 24.5 Å². The summed E-state index contributed by atoms with van der Waals surface area (Å²) < 4.78 is 5.40. The lowest BCUT2D eigenvalue weighted by Gasteiger charge is -2.29. The molecule has 2 rings (SSSR count). The highest BCUT2D eigenvalue weighted by Gasteiger charge is 2.21. The average Bonchev–Trinajstić information content (AvgIpc) is 2.41. The van der Waals surface area contributed by atoms with Gasteiger partial charge in [-0.25, -0.2) is 0 Å². The third-order valence-corrected chi connectivity index (χ3v) is 3.63. The van der Waals surface area contributed by atoms with E-state index in [2.05, 4.69) is 0 Å². The van der Waals surface area contributed by atoms with Gasteiger partial charge in [-0.2, -0.15) is 0 Å². The van der Waals surface area contributed by atoms with Crippen LogP contribution in [0.2, 0.25) is 5.02 Å². The molecule has 1 aromatic rings. The van der Waals surface area contributed by atoms with Crippen LogP contribution in [-0.4, -0.2) is 41.7 Å². The summed E-state index contributed by atoms with van der Waals surface area (Å²) in [5, 5.41) is 10.0. The van der Waals surface area contributed by atoms with Crippen molar-refractivity contribution in [2.24, 2.45) is 0 Å². The number of rotatable bonds is 4. The van der Waals surface area contributed by atoms with Crippen LogP contribution in [0.3, 0.4) is 0 Å². The van der Waals surface area contributed by atoms with Crippen LogP contribution in [0.5, 0.6) is 0 Å². The number of aliphatic hydroxyl groups excluding tert-OH is 1. The van der Waals surface area contributed by atoms with Gasteiger partial charge in [-0.15, -0.1) is 0 Å². The number of nitrogens with zero attached hydrogens (tertiary/aromatic N) is 1. The van der Waals surface area contributed by atoms with Crippen LogP contribution in [0.25, 0.3) is 0 Å². The zero-order valence-electron chi connectivity index (χ0n) is 10.7. The third-order valence-electron chi connectivity index (χ3n) is 3.26. The summed E-state index contributed by atoms with van der Waals surface area (Å²) in [6.07, 6.45) is 1.03. The Morgan fingerprint density at radius 2 is 2.05 bits per heavy atom. The van der Waals surface area contributed by atoms with E-state index in [9.17, 15) is 9.90 Å². The monoisotopic (exact) mass is 283 g/mol. The summed E-state index contributed by atoms with van der Waals surface area (Å²) in [4.78, 5) is 13.6. The molecule has 104 valence electrons. The van der Waals surface area contributed by atoms with Gasteiger partial charge in [0.15, 0.2) is 0 Å². The second kappa shape index (κ2) is 6.89. The first-order valence-corrected chi connectivity index (χ1v) is 6.81. The molecule has 1 saturated heterocycles. The predicted octanol–water partition coefficient (Wildman–Crippen LogP) is 1.84. The van der Waals surface area contributed by atoms with Gasteiger partial charge in [0.25, 0.3) is 0 Å². The largest absolute Gasteiger partial charge is 0.393 e. The van der Waals surface area contributed by atoms with Gasteiger partial charge in [0.1, 0.15) is 6.61 Å². The molecule has 0 aliphatic carbocycles. The van der Waals surface area contributed by atoms with Crippen molar-refractivity contribution >= 4 is 17.5 Å². The summed E-state index contributed by atoms with van der Waals surface area (Å²) in [7, 11) is 0. The van der Waals surface area contributed by atoms with Crippen LogP contribution in [0.15, 0.2) is 24.3 Å². The molecule has 0 saturated carbocycles. The first kappa shape index (κ1) is 14.3. The van der Waals surface area contributed by atoms with E-state index < -0.39 is 0 Å². The van der Waals surface area contributed by atoms with E-state index >= 15 is 0 Å². The maximum atomic E-state index is 11.9. The summed E-state index contributed by atoms with van der Waals surface area (Å²) in [6, 6.07) is 7.42. The normalized spacial score (nSPS) is 16.6. The van der Waals surface area contributed by atoms with Gasteiger partial charge in [0, 0.05) is 18.1 Å². The Morgan fingerprint density at radius 1 is 1.37 bits per heavy atom. The number of aliphatic hydroxyl groups is 1. The molecule has 1 aromatic carbocycles. The van der Waals surface area contributed by atoms with E-state index in [0.717, 1.165) is 5.56 Å². The predicted molar refractivity (Wildman–Crippen MR) is 72.9 cm³/mol. The highest BCUT2D eigenvalue weighted by atomic mass is 35.5. The summed E-state index contributed by atoms with van der Waals surface area (Å²) in [5.74, 6) is -0.0287. The van der Waals surface area contributed by atoms with Gasteiger partial charge in [-0.3, -0.25) is 4.79 Å². The standard InChI is InChI=1S/C14H18ClNO3/c15-13-4-2-1-3-11(13)9-19-10-14(18)16-7-5-12(17)6-8-16/h1-4,12,17H,5-10H2. The lowest BCUT2D eigenvalue weighted by Crippen LogP contribution is -2.41. The lowest BCUT2D eigenvalue weighted by atomic mass is 10.1. The minimum absolute atomic E-state index is 0.0287. The van der Waals surface area contributed by atoms with Crippen LogP contribution in [0, 0.1) is 0 Å². The minimum atomic E-state index is -0.270. The highest BCUT2D eigenvalue weighted by molar-refractivity contribution is 6.31. The Bertz CT molecular complexity index is 430. The molecule has 0 radical (unpaired) electrons. The molecule has 5 heteroatoms. The molecule has 1 aliphatic rings. The fourth-order valence-electron chi connectivity index (χ4n) is 2.07. The molecule has 1 amide bonds. The number of piperidine rings is 1. The zero-order valence-corrected chi connectivity index (χ0v) is 11.5. The Morgan fingerprint density at radius 3 is 2.74 bits per heavy atom. The smallest absolute Gasteiger partial charge is 0.248 e. The maximum absolute atomic E-state index is 11.9. The van der Waals surface area contributed by atoms with Crippen molar-refractivity contribution < 1.29 is 14.6 Å². The Balaban J connectivity index is 1.74. The number of likely N-dealkylation sites (tertiary alicyclic amines) is 1. The SMILES string of the molecule is O=C(COCc1ccccc1Cl)N1CCC(O)CC1. The minimum Gasteiger partial charge on any atom is -0.393 e. The first-order chi connectivity index (χ1) is 9.16. The van der Waals surface area contributed by atoms with Crippen LogP contribution in [0.4, 0.5) is 0 Å². The van der Waals surface area contributed by atoms with E-state index in [1.807, 2.05) is 18.2 Å². The highest BCUT2D eigenvalue weighted by Crippen LogP contribution is 2.16. The molecule has 0 bridgehead atoms. The molecule has 0 aromatic heterocycles. The van der Waals surface area contributed by atoms with Crippen molar-refractivity contribution in [2.75, 3.05) is 19.7 Å². The second-order valence-electron chi connectivity index (χ2n) is 4.70. The van der Waals surface area contributed by atoms with Crippen molar-refractivity contribution in [3.05, 3.63) is 34.9 Å². The van der Waals surface area contributed by atoms with Gasteiger partial charge in [0.2, 0.25) is 5.91 Å². The van der Waals surface area contributed by atoms with E-state index in [0.29, 0.717) is 37.6 Å². The van der Waals surface area contributed by atoms with Gasteiger partial charge >= 0.3 is 0 Å². The van der Waals surface area contributed by atoms with Crippen LogP contribution < -0.4 is 0 Å². The van der Waals surface area contributed by atoms with Crippen LogP contribution in [0.1, 0.15) is 18.4 Å². The summed E-state index contributed by atoms with van der Waals surface area (Å²) in [5.41, 5.74) is 0.881. The topological polar surface area (TPSA) is 49.8 Å². The molecule has 1 aliphatic heterocycles. The fraction of sp³-hybridized carbons (Fsp3) is 0.500. The molecule has 1 heterocycles. The summed E-state index contributed by atoms with van der Waals surface area (Å²) >= 11 is 6.00. The van der Waals surface area contributed by atoms with E-state index in [-0.39, 0.29) is 18.6 Å². The zero-order chi connectivity index (χ0) is 13.7. The molecule has 4 nitrogen and oxygen atoms in total. The van der Waals surface area contributed by atoms with Crippen LogP contribution in [-0.2, 0) is 16.1 Å². The molecule has 1 fully saturated rings. The van der Waals surface area contributed by atoms with Crippen molar-refractivity contribution in [3.8, 4) is 0 Å². The fourth-order valence-corrected chi connectivity index (χ4v) is 2.26. The number of carbonyl (C=O) groups excluding carboxylic acids is 1. The molecular weight excluding hydrogens is 266 g/mol. The molecule has 1 N–H and O–H groups in total. The average molecular weight is 284 g/mol. The van der Waals surface area contributed by atoms with Crippen molar-refractivity contribution in [1.29, 1.82) is 0 Å². The van der Waals surface area contributed by atoms with Gasteiger partial charge in [-0.1, -0.05) is 29.8 Å². The van der Waals surface area contributed by atoms with Crippen molar-refractivity contribution in [2.45, 2.75) is 25.6 Å². The number of halogens is 1. The lowest BCUT2D eigenvalue weighted by molar-refractivity contribution is -0.138. The summed E-state index contributed by atoms with van der Waals surface area (Å²) in [6.45, 7) is 1.61. The van der Waals surface area contributed by atoms with Crippen molar-refractivity contribution in [1.82, 2.24) is 4.90 Å². The Hall–Kier alpha value is -1.10.